The number of methoxy groups -OCH3 is 1. The van der Waals surface area contributed by atoms with E-state index in [4.69, 9.17) is 9.26 Å². The molecule has 0 radical (unpaired) electrons. The van der Waals surface area contributed by atoms with Crippen molar-refractivity contribution in [2.45, 2.75) is 25.3 Å². The van der Waals surface area contributed by atoms with Crippen LogP contribution in [0.3, 0.4) is 0 Å². The minimum atomic E-state index is 0.518. The van der Waals surface area contributed by atoms with Crippen molar-refractivity contribution in [2.75, 3.05) is 13.7 Å². The molecule has 3 rings (SSSR count). The van der Waals surface area contributed by atoms with Gasteiger partial charge in [-0.2, -0.15) is 0 Å². The molecule has 2 aromatic rings. The fourth-order valence-electron chi connectivity index (χ4n) is 2.57. The quantitative estimate of drug-likeness (QED) is 0.915. The number of ether oxygens (including phenoxy) is 1. The molecule has 1 aromatic carbocycles. The Morgan fingerprint density at radius 1 is 1.37 bits per heavy atom. The predicted molar refractivity (Wildman–Crippen MR) is 73.2 cm³/mol. The van der Waals surface area contributed by atoms with E-state index in [0.717, 1.165) is 35.6 Å². The van der Waals surface area contributed by atoms with E-state index in [1.54, 1.807) is 13.3 Å². The Morgan fingerprint density at radius 3 is 2.89 bits per heavy atom. The van der Waals surface area contributed by atoms with Crippen LogP contribution in [0.1, 0.15) is 18.6 Å². The molecular weight excluding hydrogens is 240 g/mol. The molecule has 4 heteroatoms. The van der Waals surface area contributed by atoms with Crippen molar-refractivity contribution in [3.63, 3.8) is 0 Å². The number of rotatable bonds is 4. The number of aromatic nitrogens is 1. The van der Waals surface area contributed by atoms with Gasteiger partial charge in [0.05, 0.1) is 13.3 Å². The molecule has 0 aliphatic carbocycles. The standard InChI is InChI=1S/C15H18N2O2/c1-18-13-6-4-11(5-7-13)14-10-17-19-15(14)9-12-3-2-8-16-12/h4-7,10,12,16H,2-3,8-9H2,1H3. The summed E-state index contributed by atoms with van der Waals surface area (Å²) >= 11 is 0. The van der Waals surface area contributed by atoms with Crippen molar-refractivity contribution < 1.29 is 9.26 Å². The highest BCUT2D eigenvalue weighted by atomic mass is 16.5. The van der Waals surface area contributed by atoms with Gasteiger partial charge in [-0.05, 0) is 37.1 Å². The molecule has 1 aliphatic rings. The topological polar surface area (TPSA) is 47.3 Å². The fourth-order valence-corrected chi connectivity index (χ4v) is 2.57. The minimum Gasteiger partial charge on any atom is -0.497 e. The highest BCUT2D eigenvalue weighted by molar-refractivity contribution is 5.65. The summed E-state index contributed by atoms with van der Waals surface area (Å²) in [5.41, 5.74) is 2.20. The van der Waals surface area contributed by atoms with Gasteiger partial charge in [0.25, 0.3) is 0 Å². The second kappa shape index (κ2) is 5.45. The number of nitrogens with zero attached hydrogens (tertiary/aromatic N) is 1. The number of nitrogens with one attached hydrogen (secondary N) is 1. The molecule has 1 N–H and O–H groups in total. The van der Waals surface area contributed by atoms with Crippen molar-refractivity contribution in [3.05, 3.63) is 36.2 Å². The maximum Gasteiger partial charge on any atom is 0.146 e. The van der Waals surface area contributed by atoms with Gasteiger partial charge in [-0.15, -0.1) is 0 Å². The molecule has 0 spiro atoms. The molecule has 1 saturated heterocycles. The lowest BCUT2D eigenvalue weighted by atomic mass is 10.0. The Labute approximate surface area is 112 Å². The summed E-state index contributed by atoms with van der Waals surface area (Å²) in [5, 5.41) is 7.43. The van der Waals surface area contributed by atoms with Crippen LogP contribution in [0.5, 0.6) is 5.75 Å². The van der Waals surface area contributed by atoms with Crippen LogP contribution < -0.4 is 10.1 Å². The van der Waals surface area contributed by atoms with Crippen LogP contribution in [0.4, 0.5) is 0 Å². The van der Waals surface area contributed by atoms with Crippen molar-refractivity contribution in [1.82, 2.24) is 10.5 Å². The van der Waals surface area contributed by atoms with Gasteiger partial charge in [-0.3, -0.25) is 0 Å². The third-order valence-corrected chi connectivity index (χ3v) is 3.64. The highest BCUT2D eigenvalue weighted by Crippen LogP contribution is 2.27. The van der Waals surface area contributed by atoms with Crippen LogP contribution in [0.2, 0.25) is 0 Å². The van der Waals surface area contributed by atoms with Gasteiger partial charge in [0.15, 0.2) is 0 Å². The summed E-state index contributed by atoms with van der Waals surface area (Å²) in [6.07, 6.45) is 5.16. The third kappa shape index (κ3) is 2.63. The molecule has 1 aromatic heterocycles. The lowest BCUT2D eigenvalue weighted by molar-refractivity contribution is 0.370. The molecule has 0 bridgehead atoms. The summed E-state index contributed by atoms with van der Waals surface area (Å²) in [6, 6.07) is 8.51. The van der Waals surface area contributed by atoms with Gasteiger partial charge < -0.3 is 14.6 Å². The van der Waals surface area contributed by atoms with Gasteiger partial charge in [0, 0.05) is 18.0 Å². The average Bonchev–Trinajstić information content (AvgIpc) is 3.11. The molecule has 0 amide bonds. The molecule has 1 aliphatic heterocycles. The summed E-state index contributed by atoms with van der Waals surface area (Å²) in [6.45, 7) is 1.11. The van der Waals surface area contributed by atoms with E-state index in [-0.39, 0.29) is 0 Å². The van der Waals surface area contributed by atoms with E-state index in [1.807, 2.05) is 24.3 Å². The Bertz CT molecular complexity index is 527. The second-order valence-electron chi connectivity index (χ2n) is 4.89. The van der Waals surface area contributed by atoms with Gasteiger partial charge in [-0.25, -0.2) is 0 Å². The Morgan fingerprint density at radius 2 is 2.21 bits per heavy atom. The van der Waals surface area contributed by atoms with E-state index < -0.39 is 0 Å². The summed E-state index contributed by atoms with van der Waals surface area (Å²) < 4.78 is 10.6. The molecule has 100 valence electrons. The zero-order chi connectivity index (χ0) is 13.1. The number of hydrogen-bond donors (Lipinski definition) is 1. The highest BCUT2D eigenvalue weighted by Gasteiger charge is 2.19. The van der Waals surface area contributed by atoms with Crippen molar-refractivity contribution >= 4 is 0 Å². The molecule has 1 fully saturated rings. The molecule has 1 atom stereocenters. The Kier molecular flexibility index (Phi) is 3.51. The summed E-state index contributed by atoms with van der Waals surface area (Å²) in [7, 11) is 1.67. The van der Waals surface area contributed by atoms with Crippen molar-refractivity contribution in [2.24, 2.45) is 0 Å². The lowest BCUT2D eigenvalue weighted by Crippen LogP contribution is -2.23. The fraction of sp³-hybridized carbons (Fsp3) is 0.400. The third-order valence-electron chi connectivity index (χ3n) is 3.64. The van der Waals surface area contributed by atoms with E-state index in [0.29, 0.717) is 6.04 Å². The predicted octanol–water partition coefficient (Wildman–Crippen LogP) is 2.64. The van der Waals surface area contributed by atoms with Crippen molar-refractivity contribution in [1.29, 1.82) is 0 Å². The smallest absolute Gasteiger partial charge is 0.146 e. The molecule has 2 heterocycles. The van der Waals surface area contributed by atoms with Gasteiger partial charge >= 0.3 is 0 Å². The Balaban J connectivity index is 1.81. The van der Waals surface area contributed by atoms with E-state index in [2.05, 4.69) is 10.5 Å². The van der Waals surface area contributed by atoms with Gasteiger partial charge in [-0.1, -0.05) is 17.3 Å². The average molecular weight is 258 g/mol. The maximum absolute atomic E-state index is 5.42. The first-order chi connectivity index (χ1) is 9.36. The Hall–Kier alpha value is -1.81. The SMILES string of the molecule is COc1ccc(-c2cnoc2CC2CCCN2)cc1. The molecule has 1 unspecified atom stereocenters. The first kappa shape index (κ1) is 12.2. The molecule has 4 nitrogen and oxygen atoms in total. The summed E-state index contributed by atoms with van der Waals surface area (Å²) in [5.74, 6) is 1.82. The first-order valence-electron chi connectivity index (χ1n) is 6.68. The monoisotopic (exact) mass is 258 g/mol. The van der Waals surface area contributed by atoms with E-state index in [1.165, 1.54) is 12.8 Å². The lowest BCUT2D eigenvalue weighted by Gasteiger charge is -2.08. The molecule has 19 heavy (non-hydrogen) atoms. The largest absolute Gasteiger partial charge is 0.497 e. The van der Waals surface area contributed by atoms with Crippen LogP contribution in [-0.4, -0.2) is 24.9 Å². The molecule has 0 saturated carbocycles. The van der Waals surface area contributed by atoms with E-state index in [9.17, 15) is 0 Å². The van der Waals surface area contributed by atoms with Crippen LogP contribution in [0, 0.1) is 0 Å². The minimum absolute atomic E-state index is 0.518. The normalized spacial score (nSPS) is 18.7. The zero-order valence-corrected chi connectivity index (χ0v) is 11.1. The van der Waals surface area contributed by atoms with Gasteiger partial charge in [0.2, 0.25) is 0 Å². The number of benzene rings is 1. The molecular formula is C15H18N2O2. The zero-order valence-electron chi connectivity index (χ0n) is 11.1. The van der Waals surface area contributed by atoms with Crippen molar-refractivity contribution in [3.8, 4) is 16.9 Å². The maximum atomic E-state index is 5.42. The number of hydrogen-bond acceptors (Lipinski definition) is 4. The second-order valence-corrected chi connectivity index (χ2v) is 4.89. The van der Waals surface area contributed by atoms with E-state index >= 15 is 0 Å². The van der Waals surface area contributed by atoms with Crippen LogP contribution in [-0.2, 0) is 6.42 Å². The van der Waals surface area contributed by atoms with Crippen LogP contribution in [0.25, 0.3) is 11.1 Å². The van der Waals surface area contributed by atoms with Gasteiger partial charge in [0.1, 0.15) is 11.5 Å². The van der Waals surface area contributed by atoms with Crippen LogP contribution >= 0.6 is 0 Å². The summed E-state index contributed by atoms with van der Waals surface area (Å²) in [4.78, 5) is 0. The van der Waals surface area contributed by atoms with Crippen LogP contribution in [0.15, 0.2) is 35.0 Å². The first-order valence-corrected chi connectivity index (χ1v) is 6.68.